The molecule has 1 aromatic rings. The number of imide groups is 1. The minimum absolute atomic E-state index is 0.0562. The smallest absolute Gasteiger partial charge is 0.321 e. The van der Waals surface area contributed by atoms with Crippen LogP contribution in [0.2, 0.25) is 0 Å². The zero-order chi connectivity index (χ0) is 16.7. The van der Waals surface area contributed by atoms with Gasteiger partial charge in [-0.2, -0.15) is 0 Å². The first-order valence-corrected chi connectivity index (χ1v) is 7.66. The Morgan fingerprint density at radius 3 is 2.55 bits per heavy atom. The number of aryl methyl sites for hydroxylation is 2. The number of benzene rings is 1. The standard InChI is InChI=1S/C17H27N3O2/c1-6-14(4)18-17(22)19-16(21)11-20(5)10-15-8-7-12(2)9-13(15)3/h7-9,14H,6,10-11H2,1-5H3,(H2,18,19,21,22)/t14-/m1/s1. The third-order valence-corrected chi connectivity index (χ3v) is 3.59. The lowest BCUT2D eigenvalue weighted by atomic mass is 10.1. The second kappa shape index (κ2) is 8.54. The first kappa shape index (κ1) is 18.2. The first-order chi connectivity index (χ1) is 10.3. The Balaban J connectivity index is 2.45. The van der Waals surface area contributed by atoms with Gasteiger partial charge in [-0.05, 0) is 45.4 Å². The quantitative estimate of drug-likeness (QED) is 0.848. The number of urea groups is 1. The third kappa shape index (κ3) is 6.26. The van der Waals surface area contributed by atoms with Gasteiger partial charge in [0, 0.05) is 12.6 Å². The van der Waals surface area contributed by atoms with E-state index in [-0.39, 0.29) is 18.5 Å². The van der Waals surface area contributed by atoms with Crippen molar-refractivity contribution in [2.45, 2.75) is 46.7 Å². The molecular formula is C17H27N3O2. The molecule has 0 bridgehead atoms. The summed E-state index contributed by atoms with van der Waals surface area (Å²) >= 11 is 0. The molecule has 0 aromatic heterocycles. The summed E-state index contributed by atoms with van der Waals surface area (Å²) in [6.07, 6.45) is 0.828. The number of carbonyl (C=O) groups excluding carboxylic acids is 2. The fourth-order valence-corrected chi connectivity index (χ4v) is 2.14. The third-order valence-electron chi connectivity index (χ3n) is 3.59. The van der Waals surface area contributed by atoms with Crippen molar-refractivity contribution in [2.24, 2.45) is 0 Å². The van der Waals surface area contributed by atoms with Crippen LogP contribution in [-0.2, 0) is 11.3 Å². The van der Waals surface area contributed by atoms with Crippen LogP contribution in [0.3, 0.4) is 0 Å². The van der Waals surface area contributed by atoms with E-state index in [2.05, 4.69) is 42.7 Å². The highest BCUT2D eigenvalue weighted by Crippen LogP contribution is 2.12. The zero-order valence-electron chi connectivity index (χ0n) is 14.2. The maximum atomic E-state index is 11.8. The van der Waals surface area contributed by atoms with Gasteiger partial charge >= 0.3 is 6.03 Å². The van der Waals surface area contributed by atoms with E-state index in [1.54, 1.807) is 0 Å². The first-order valence-electron chi connectivity index (χ1n) is 7.66. The number of likely N-dealkylation sites (N-methyl/N-ethyl adjacent to an activating group) is 1. The molecule has 0 radical (unpaired) electrons. The molecule has 22 heavy (non-hydrogen) atoms. The molecule has 1 aromatic carbocycles. The van der Waals surface area contributed by atoms with Gasteiger partial charge in [0.2, 0.25) is 5.91 Å². The minimum Gasteiger partial charge on any atom is -0.335 e. The Kier molecular flexibility index (Phi) is 7.05. The van der Waals surface area contributed by atoms with Crippen molar-refractivity contribution >= 4 is 11.9 Å². The Morgan fingerprint density at radius 2 is 1.95 bits per heavy atom. The molecule has 0 saturated heterocycles. The van der Waals surface area contributed by atoms with Crippen LogP contribution in [0.1, 0.15) is 37.0 Å². The Morgan fingerprint density at radius 1 is 1.27 bits per heavy atom. The van der Waals surface area contributed by atoms with E-state index < -0.39 is 6.03 Å². The van der Waals surface area contributed by atoms with E-state index in [4.69, 9.17) is 0 Å². The highest BCUT2D eigenvalue weighted by molar-refractivity contribution is 5.95. The molecule has 0 spiro atoms. The topological polar surface area (TPSA) is 61.4 Å². The van der Waals surface area contributed by atoms with E-state index in [1.165, 1.54) is 16.7 Å². The maximum absolute atomic E-state index is 11.8. The van der Waals surface area contributed by atoms with E-state index in [0.717, 1.165) is 6.42 Å². The minimum atomic E-state index is -0.431. The second-order valence-electron chi connectivity index (χ2n) is 5.93. The van der Waals surface area contributed by atoms with Gasteiger partial charge in [0.15, 0.2) is 0 Å². The Labute approximate surface area is 133 Å². The largest absolute Gasteiger partial charge is 0.335 e. The molecule has 1 atom stereocenters. The van der Waals surface area contributed by atoms with Gasteiger partial charge in [-0.25, -0.2) is 4.79 Å². The molecule has 0 aliphatic carbocycles. The summed E-state index contributed by atoms with van der Waals surface area (Å²) in [5, 5.41) is 5.06. The molecule has 3 amide bonds. The summed E-state index contributed by atoms with van der Waals surface area (Å²) < 4.78 is 0. The van der Waals surface area contributed by atoms with Gasteiger partial charge in [-0.1, -0.05) is 30.7 Å². The number of hydrogen-bond donors (Lipinski definition) is 2. The fourth-order valence-electron chi connectivity index (χ4n) is 2.14. The number of nitrogens with one attached hydrogen (secondary N) is 2. The van der Waals surface area contributed by atoms with Crippen LogP contribution in [0.15, 0.2) is 18.2 Å². The molecule has 5 nitrogen and oxygen atoms in total. The Bertz CT molecular complexity index is 529. The molecule has 0 heterocycles. The highest BCUT2D eigenvalue weighted by Gasteiger charge is 2.12. The number of hydrogen-bond acceptors (Lipinski definition) is 3. The van der Waals surface area contributed by atoms with E-state index in [1.807, 2.05) is 25.8 Å². The normalized spacial score (nSPS) is 12.1. The number of carbonyl (C=O) groups is 2. The van der Waals surface area contributed by atoms with Gasteiger partial charge in [0.25, 0.3) is 0 Å². The summed E-state index contributed by atoms with van der Waals surface area (Å²) in [7, 11) is 1.87. The van der Waals surface area contributed by atoms with Crippen LogP contribution in [0.4, 0.5) is 4.79 Å². The van der Waals surface area contributed by atoms with Gasteiger partial charge in [-0.3, -0.25) is 15.0 Å². The van der Waals surface area contributed by atoms with Crippen molar-refractivity contribution in [3.8, 4) is 0 Å². The van der Waals surface area contributed by atoms with Crippen molar-refractivity contribution in [2.75, 3.05) is 13.6 Å². The molecule has 0 saturated carbocycles. The lowest BCUT2D eigenvalue weighted by Crippen LogP contribution is -2.46. The Hall–Kier alpha value is -1.88. The predicted molar refractivity (Wildman–Crippen MR) is 88.7 cm³/mol. The number of nitrogens with zero attached hydrogens (tertiary/aromatic N) is 1. The average Bonchev–Trinajstić information content (AvgIpc) is 2.41. The highest BCUT2D eigenvalue weighted by atomic mass is 16.2. The van der Waals surface area contributed by atoms with E-state index in [9.17, 15) is 9.59 Å². The van der Waals surface area contributed by atoms with E-state index >= 15 is 0 Å². The summed E-state index contributed by atoms with van der Waals surface area (Å²) in [6, 6.07) is 5.90. The summed E-state index contributed by atoms with van der Waals surface area (Å²) in [5.74, 6) is -0.298. The predicted octanol–water partition coefficient (Wildman–Crippen LogP) is 2.36. The van der Waals surface area contributed by atoms with Crippen molar-refractivity contribution < 1.29 is 9.59 Å². The number of amides is 3. The molecular weight excluding hydrogens is 278 g/mol. The molecule has 5 heteroatoms. The molecule has 2 N–H and O–H groups in total. The van der Waals surface area contributed by atoms with E-state index in [0.29, 0.717) is 6.54 Å². The summed E-state index contributed by atoms with van der Waals surface area (Å²) in [4.78, 5) is 25.3. The van der Waals surface area contributed by atoms with Gasteiger partial charge in [-0.15, -0.1) is 0 Å². The van der Waals surface area contributed by atoms with Crippen LogP contribution >= 0.6 is 0 Å². The van der Waals surface area contributed by atoms with Gasteiger partial charge < -0.3 is 5.32 Å². The van der Waals surface area contributed by atoms with Crippen molar-refractivity contribution in [1.29, 1.82) is 0 Å². The number of rotatable bonds is 6. The molecule has 0 fully saturated rings. The van der Waals surface area contributed by atoms with Gasteiger partial charge in [0.1, 0.15) is 0 Å². The summed E-state index contributed by atoms with van der Waals surface area (Å²) in [5.41, 5.74) is 3.62. The van der Waals surface area contributed by atoms with Crippen molar-refractivity contribution in [1.82, 2.24) is 15.5 Å². The molecule has 0 aliphatic rings. The van der Waals surface area contributed by atoms with Crippen molar-refractivity contribution in [3.63, 3.8) is 0 Å². The van der Waals surface area contributed by atoms with Crippen LogP contribution in [0.5, 0.6) is 0 Å². The average molecular weight is 305 g/mol. The maximum Gasteiger partial charge on any atom is 0.321 e. The SMILES string of the molecule is CC[C@@H](C)NC(=O)NC(=O)CN(C)Cc1ccc(C)cc1C. The van der Waals surface area contributed by atoms with Crippen LogP contribution in [0.25, 0.3) is 0 Å². The second-order valence-corrected chi connectivity index (χ2v) is 5.93. The zero-order valence-corrected chi connectivity index (χ0v) is 14.2. The lowest BCUT2D eigenvalue weighted by Gasteiger charge is -2.18. The molecule has 0 aliphatic heterocycles. The van der Waals surface area contributed by atoms with Crippen LogP contribution < -0.4 is 10.6 Å². The van der Waals surface area contributed by atoms with Crippen LogP contribution in [0, 0.1) is 13.8 Å². The fraction of sp³-hybridized carbons (Fsp3) is 0.529. The lowest BCUT2D eigenvalue weighted by molar-refractivity contribution is -0.121. The van der Waals surface area contributed by atoms with Crippen molar-refractivity contribution in [3.05, 3.63) is 34.9 Å². The van der Waals surface area contributed by atoms with Gasteiger partial charge in [0.05, 0.1) is 6.54 Å². The molecule has 122 valence electrons. The van der Waals surface area contributed by atoms with Crippen LogP contribution in [-0.4, -0.2) is 36.5 Å². The monoisotopic (exact) mass is 305 g/mol. The summed E-state index contributed by atoms with van der Waals surface area (Å²) in [6.45, 7) is 8.86. The molecule has 1 rings (SSSR count). The molecule has 0 unspecified atom stereocenters.